The number of hydrogen-bond donors (Lipinski definition) is 3. The zero-order valence-corrected chi connectivity index (χ0v) is 12.0. The summed E-state index contributed by atoms with van der Waals surface area (Å²) in [6.45, 7) is 8.78. The lowest BCUT2D eigenvalue weighted by Crippen LogP contribution is -2.53. The number of ether oxygens (including phenoxy) is 2. The van der Waals surface area contributed by atoms with E-state index in [-0.39, 0.29) is 36.7 Å². The first-order valence-corrected chi connectivity index (χ1v) is 6.76. The van der Waals surface area contributed by atoms with E-state index < -0.39 is 0 Å². The van der Waals surface area contributed by atoms with Gasteiger partial charge in [-0.2, -0.15) is 0 Å². The van der Waals surface area contributed by atoms with E-state index in [0.29, 0.717) is 6.54 Å². The van der Waals surface area contributed by atoms with Gasteiger partial charge in [-0.15, -0.1) is 0 Å². The van der Waals surface area contributed by atoms with Gasteiger partial charge >= 0.3 is 0 Å². The second-order valence-electron chi connectivity index (χ2n) is 5.98. The number of hydrogen-bond acceptors (Lipinski definition) is 5. The lowest BCUT2D eigenvalue weighted by atomic mass is 9.99. The molecule has 0 bridgehead atoms. The van der Waals surface area contributed by atoms with Crippen LogP contribution < -0.4 is 11.1 Å². The number of aliphatic hydroxyl groups excluding tert-OH is 1. The molecule has 5 nitrogen and oxygen atoms in total. The second kappa shape index (κ2) is 6.82. The van der Waals surface area contributed by atoms with Crippen molar-refractivity contribution < 1.29 is 14.6 Å². The Hall–Kier alpha value is -0.200. The Morgan fingerprint density at radius 1 is 1.44 bits per heavy atom. The van der Waals surface area contributed by atoms with E-state index in [1.165, 1.54) is 0 Å². The summed E-state index contributed by atoms with van der Waals surface area (Å²) in [5.74, 6) is 0. The van der Waals surface area contributed by atoms with Crippen LogP contribution in [-0.4, -0.2) is 48.3 Å². The summed E-state index contributed by atoms with van der Waals surface area (Å²) in [6, 6.07) is 0.126. The first-order chi connectivity index (χ1) is 8.33. The smallest absolute Gasteiger partial charge is 0.173 e. The summed E-state index contributed by atoms with van der Waals surface area (Å²) in [6.07, 6.45) is 1.56. The maximum Gasteiger partial charge on any atom is 0.173 e. The summed E-state index contributed by atoms with van der Waals surface area (Å²) >= 11 is 0. The minimum absolute atomic E-state index is 0.0643. The molecule has 1 aliphatic rings. The van der Waals surface area contributed by atoms with Gasteiger partial charge in [-0.1, -0.05) is 0 Å². The molecule has 2 unspecified atom stereocenters. The molecule has 4 N–H and O–H groups in total. The van der Waals surface area contributed by atoms with Crippen LogP contribution in [-0.2, 0) is 9.47 Å². The lowest BCUT2D eigenvalue weighted by Gasteiger charge is -2.40. The van der Waals surface area contributed by atoms with E-state index in [2.05, 4.69) is 12.2 Å². The molecule has 0 saturated carbocycles. The maximum atomic E-state index is 8.81. The van der Waals surface area contributed by atoms with Crippen molar-refractivity contribution in [2.75, 3.05) is 13.2 Å². The molecule has 1 rings (SSSR count). The van der Waals surface area contributed by atoms with E-state index >= 15 is 0 Å². The Balaban J connectivity index is 2.49. The maximum absolute atomic E-state index is 8.81. The van der Waals surface area contributed by atoms with E-state index in [9.17, 15) is 0 Å². The van der Waals surface area contributed by atoms with Crippen LogP contribution in [0.1, 0.15) is 40.5 Å². The second-order valence-corrected chi connectivity index (χ2v) is 5.98. The Morgan fingerprint density at radius 2 is 2.11 bits per heavy atom. The average Bonchev–Trinajstić information content (AvgIpc) is 2.27. The fourth-order valence-electron chi connectivity index (χ4n) is 2.09. The van der Waals surface area contributed by atoms with Gasteiger partial charge in [0.05, 0.1) is 24.4 Å². The van der Waals surface area contributed by atoms with Crippen molar-refractivity contribution in [3.63, 3.8) is 0 Å². The number of aliphatic hydroxyl groups is 1. The molecule has 0 aromatic rings. The third-order valence-electron chi connectivity index (χ3n) is 3.05. The molecule has 4 atom stereocenters. The van der Waals surface area contributed by atoms with Crippen molar-refractivity contribution in [2.24, 2.45) is 5.73 Å². The van der Waals surface area contributed by atoms with E-state index in [4.69, 9.17) is 20.3 Å². The summed E-state index contributed by atoms with van der Waals surface area (Å²) in [4.78, 5) is 0. The normalized spacial score (nSPS) is 31.3. The largest absolute Gasteiger partial charge is 0.395 e. The van der Waals surface area contributed by atoms with E-state index in [1.54, 1.807) is 0 Å². The molecule has 0 radical (unpaired) electrons. The monoisotopic (exact) mass is 260 g/mol. The van der Waals surface area contributed by atoms with E-state index in [0.717, 1.165) is 12.8 Å². The minimum Gasteiger partial charge on any atom is -0.395 e. The molecule has 1 fully saturated rings. The molecular formula is C13H28N2O3. The first-order valence-electron chi connectivity index (χ1n) is 6.76. The van der Waals surface area contributed by atoms with Gasteiger partial charge in [0, 0.05) is 12.6 Å². The average molecular weight is 260 g/mol. The van der Waals surface area contributed by atoms with Gasteiger partial charge in [0.1, 0.15) is 0 Å². The molecule has 0 aromatic heterocycles. The molecule has 18 heavy (non-hydrogen) atoms. The zero-order valence-electron chi connectivity index (χ0n) is 12.0. The number of nitrogens with two attached hydrogens (primary N) is 1. The Morgan fingerprint density at radius 3 is 2.67 bits per heavy atom. The van der Waals surface area contributed by atoms with Crippen LogP contribution in [0, 0.1) is 0 Å². The fraction of sp³-hybridized carbons (Fsp3) is 1.00. The molecular weight excluding hydrogens is 232 g/mol. The van der Waals surface area contributed by atoms with Gasteiger partial charge in [-0.25, -0.2) is 0 Å². The van der Waals surface area contributed by atoms with Crippen LogP contribution in [0.15, 0.2) is 0 Å². The molecule has 5 heteroatoms. The highest BCUT2D eigenvalue weighted by Crippen LogP contribution is 2.25. The van der Waals surface area contributed by atoms with Crippen LogP contribution >= 0.6 is 0 Å². The molecule has 0 aromatic carbocycles. The van der Waals surface area contributed by atoms with Crippen molar-refractivity contribution in [3.8, 4) is 0 Å². The van der Waals surface area contributed by atoms with Crippen LogP contribution in [0.3, 0.4) is 0 Å². The van der Waals surface area contributed by atoms with E-state index in [1.807, 2.05) is 20.8 Å². The standard InChI is InChI=1S/C13H28N2O3/c1-9(15-7-8-16)11-6-5-10(14)12(17-11)18-13(2,3)4/h9-12,15-16H,5-8,14H2,1-4H3/t9?,10-,11?,12-/m1/s1. The molecule has 0 amide bonds. The molecule has 0 aliphatic carbocycles. The fourth-order valence-corrected chi connectivity index (χ4v) is 2.09. The Bertz CT molecular complexity index is 243. The third-order valence-corrected chi connectivity index (χ3v) is 3.05. The zero-order chi connectivity index (χ0) is 13.8. The van der Waals surface area contributed by atoms with Gasteiger partial charge in [0.2, 0.25) is 0 Å². The highest BCUT2D eigenvalue weighted by atomic mass is 16.7. The van der Waals surface area contributed by atoms with Crippen LogP contribution in [0.4, 0.5) is 0 Å². The first kappa shape index (κ1) is 15.9. The molecule has 1 saturated heterocycles. The molecule has 1 aliphatic heterocycles. The molecule has 1 heterocycles. The predicted molar refractivity (Wildman–Crippen MR) is 71.3 cm³/mol. The highest BCUT2D eigenvalue weighted by molar-refractivity contribution is 4.83. The lowest BCUT2D eigenvalue weighted by molar-refractivity contribution is -0.244. The van der Waals surface area contributed by atoms with Crippen molar-refractivity contribution in [2.45, 2.75) is 70.6 Å². The van der Waals surface area contributed by atoms with Gasteiger partial charge in [0.15, 0.2) is 6.29 Å². The van der Waals surface area contributed by atoms with Crippen LogP contribution in [0.25, 0.3) is 0 Å². The van der Waals surface area contributed by atoms with Gasteiger partial charge in [0.25, 0.3) is 0 Å². The summed E-state index contributed by atoms with van der Waals surface area (Å²) in [7, 11) is 0. The predicted octanol–water partition coefficient (Wildman–Crippen LogP) is 0.604. The van der Waals surface area contributed by atoms with Crippen molar-refractivity contribution in [3.05, 3.63) is 0 Å². The minimum atomic E-state index is -0.345. The van der Waals surface area contributed by atoms with Crippen LogP contribution in [0.5, 0.6) is 0 Å². The van der Waals surface area contributed by atoms with Crippen molar-refractivity contribution in [1.29, 1.82) is 0 Å². The third kappa shape index (κ3) is 5.20. The Kier molecular flexibility index (Phi) is 6.01. The molecule has 0 spiro atoms. The van der Waals surface area contributed by atoms with Crippen molar-refractivity contribution in [1.82, 2.24) is 5.32 Å². The summed E-state index contributed by atoms with van der Waals surface area (Å²) < 4.78 is 11.8. The topological polar surface area (TPSA) is 76.7 Å². The van der Waals surface area contributed by atoms with Gasteiger partial charge < -0.3 is 25.6 Å². The highest BCUT2D eigenvalue weighted by Gasteiger charge is 2.34. The number of nitrogens with one attached hydrogen (secondary N) is 1. The number of rotatable bonds is 5. The molecule has 108 valence electrons. The quantitative estimate of drug-likeness (QED) is 0.675. The SMILES string of the molecule is CC(NCCO)C1CC[C@@H](N)[C@@H](OC(C)(C)C)O1. The van der Waals surface area contributed by atoms with Gasteiger partial charge in [-0.3, -0.25) is 0 Å². The Labute approximate surface area is 110 Å². The summed E-state index contributed by atoms with van der Waals surface area (Å²) in [5, 5.41) is 12.0. The van der Waals surface area contributed by atoms with Crippen LogP contribution in [0.2, 0.25) is 0 Å². The van der Waals surface area contributed by atoms with Crippen molar-refractivity contribution >= 4 is 0 Å². The van der Waals surface area contributed by atoms with Gasteiger partial charge in [-0.05, 0) is 40.5 Å². The summed E-state index contributed by atoms with van der Waals surface area (Å²) in [5.41, 5.74) is 5.78.